The highest BCUT2D eigenvalue weighted by atomic mass is 79.9. The van der Waals surface area contributed by atoms with Gasteiger partial charge in [0.1, 0.15) is 11.5 Å². The van der Waals surface area contributed by atoms with Crippen LogP contribution in [0.4, 0.5) is 0 Å². The Balaban J connectivity index is 2.79. The molecule has 0 aliphatic rings. The van der Waals surface area contributed by atoms with Crippen LogP contribution in [0, 0.1) is 0 Å². The first-order valence-electron chi connectivity index (χ1n) is 7.28. The summed E-state index contributed by atoms with van der Waals surface area (Å²) in [7, 11) is -1.88. The van der Waals surface area contributed by atoms with Gasteiger partial charge in [-0.15, -0.1) is 0 Å². The number of benzene rings is 1. The van der Waals surface area contributed by atoms with E-state index in [4.69, 9.17) is 10.0 Å². The van der Waals surface area contributed by atoms with E-state index in [-0.39, 0.29) is 22.4 Å². The summed E-state index contributed by atoms with van der Waals surface area (Å²) < 4.78 is 0. The average Bonchev–Trinajstić information content (AvgIpc) is 2.37. The maximum absolute atomic E-state index is 9.86. The number of rotatable bonds is 8. The number of phenols is 2. The van der Waals surface area contributed by atoms with Crippen molar-refractivity contribution in [3.8, 4) is 11.5 Å². The van der Waals surface area contributed by atoms with Crippen molar-refractivity contribution in [1.29, 1.82) is 0 Å². The Bertz CT molecular complexity index is 440. The smallest absolute Gasteiger partial charge is 0.496 e. The molecular formula is C15H24BBrO4. The minimum absolute atomic E-state index is 0.192. The molecule has 0 aromatic heterocycles. The van der Waals surface area contributed by atoms with Crippen LogP contribution in [0.5, 0.6) is 11.5 Å². The second kappa shape index (κ2) is 8.06. The number of phenolic OH excluding ortho intramolecular Hbond substituents is 2. The third-order valence-corrected chi connectivity index (χ3v) is 4.42. The van der Waals surface area contributed by atoms with Gasteiger partial charge >= 0.3 is 7.12 Å². The van der Waals surface area contributed by atoms with Crippen molar-refractivity contribution in [1.82, 2.24) is 0 Å². The van der Waals surface area contributed by atoms with Crippen LogP contribution in [0.3, 0.4) is 0 Å². The predicted octanol–water partition coefficient (Wildman–Crippen LogP) is 2.40. The Kier molecular flexibility index (Phi) is 7.04. The molecule has 1 aromatic carbocycles. The monoisotopic (exact) mass is 358 g/mol. The quantitative estimate of drug-likeness (QED) is 0.327. The lowest BCUT2D eigenvalue weighted by molar-refractivity contribution is 0.405. The van der Waals surface area contributed by atoms with Crippen LogP contribution < -0.4 is 5.46 Å². The minimum atomic E-state index is -1.88. The van der Waals surface area contributed by atoms with Gasteiger partial charge < -0.3 is 20.3 Å². The molecule has 0 aliphatic heterocycles. The Hall–Kier alpha value is -0.715. The van der Waals surface area contributed by atoms with Gasteiger partial charge in [-0.1, -0.05) is 49.0 Å². The summed E-state index contributed by atoms with van der Waals surface area (Å²) in [4.78, 5) is 0. The van der Waals surface area contributed by atoms with Gasteiger partial charge in [0.25, 0.3) is 0 Å². The number of unbranched alkanes of at least 4 members (excludes halogenated alkanes) is 3. The normalized spacial score (nSPS) is 11.7. The number of hydrogen-bond acceptors (Lipinski definition) is 4. The Morgan fingerprint density at radius 1 is 1.00 bits per heavy atom. The van der Waals surface area contributed by atoms with E-state index in [2.05, 4.69) is 29.8 Å². The molecule has 0 saturated heterocycles. The fourth-order valence-corrected chi connectivity index (χ4v) is 2.83. The summed E-state index contributed by atoms with van der Waals surface area (Å²) >= 11 is 3.42. The van der Waals surface area contributed by atoms with Crippen molar-refractivity contribution >= 4 is 28.5 Å². The van der Waals surface area contributed by atoms with Crippen LogP contribution >= 0.6 is 15.9 Å². The van der Waals surface area contributed by atoms with E-state index in [0.717, 1.165) is 30.2 Å². The molecule has 1 aromatic rings. The lowest BCUT2D eigenvalue weighted by atomic mass is 9.74. The molecule has 0 saturated carbocycles. The summed E-state index contributed by atoms with van der Waals surface area (Å²) in [6.07, 6.45) is 5.53. The Morgan fingerprint density at radius 3 is 2.00 bits per heavy atom. The molecule has 21 heavy (non-hydrogen) atoms. The third-order valence-electron chi connectivity index (χ3n) is 3.86. The highest BCUT2D eigenvalue weighted by molar-refractivity contribution is 9.09. The zero-order chi connectivity index (χ0) is 16.0. The molecule has 6 heteroatoms. The summed E-state index contributed by atoms with van der Waals surface area (Å²) in [6.45, 7) is 4.11. The van der Waals surface area contributed by atoms with Crippen molar-refractivity contribution in [2.24, 2.45) is 0 Å². The second-order valence-electron chi connectivity index (χ2n) is 6.04. The van der Waals surface area contributed by atoms with E-state index in [0.29, 0.717) is 0 Å². The highest BCUT2D eigenvalue weighted by Gasteiger charge is 2.26. The van der Waals surface area contributed by atoms with Crippen molar-refractivity contribution in [2.45, 2.75) is 51.4 Å². The average molecular weight is 359 g/mol. The van der Waals surface area contributed by atoms with E-state index in [1.807, 2.05) is 0 Å². The van der Waals surface area contributed by atoms with Gasteiger partial charge in [-0.2, -0.15) is 0 Å². The molecule has 0 bridgehead atoms. The molecular weight excluding hydrogens is 335 g/mol. The molecule has 118 valence electrons. The van der Waals surface area contributed by atoms with Gasteiger partial charge in [0.2, 0.25) is 0 Å². The molecule has 4 N–H and O–H groups in total. The van der Waals surface area contributed by atoms with E-state index in [9.17, 15) is 10.2 Å². The number of aromatic hydroxyl groups is 2. The number of hydrogen-bond donors (Lipinski definition) is 4. The first-order valence-corrected chi connectivity index (χ1v) is 8.40. The first kappa shape index (κ1) is 18.3. The van der Waals surface area contributed by atoms with Gasteiger partial charge in [0.15, 0.2) is 0 Å². The van der Waals surface area contributed by atoms with Crippen molar-refractivity contribution < 1.29 is 20.3 Å². The lowest BCUT2D eigenvalue weighted by Crippen LogP contribution is -2.31. The molecule has 0 aliphatic carbocycles. The largest absolute Gasteiger partial charge is 0.508 e. The molecule has 0 atom stereocenters. The predicted molar refractivity (Wildman–Crippen MR) is 89.5 cm³/mol. The van der Waals surface area contributed by atoms with Crippen molar-refractivity contribution in [3.05, 3.63) is 17.7 Å². The molecule has 0 radical (unpaired) electrons. The molecule has 0 fully saturated rings. The number of alkyl halides is 1. The zero-order valence-corrected chi connectivity index (χ0v) is 14.2. The van der Waals surface area contributed by atoms with Crippen LogP contribution in [0.25, 0.3) is 0 Å². The summed E-state index contributed by atoms with van der Waals surface area (Å²) in [5.41, 5.74) is 0.358. The van der Waals surface area contributed by atoms with Crippen LogP contribution in [0.1, 0.15) is 51.5 Å². The highest BCUT2D eigenvalue weighted by Crippen LogP contribution is 2.33. The van der Waals surface area contributed by atoms with Crippen LogP contribution in [-0.4, -0.2) is 32.7 Å². The molecule has 0 amide bonds. The van der Waals surface area contributed by atoms with E-state index in [1.54, 1.807) is 0 Å². The first-order chi connectivity index (χ1) is 9.79. The minimum Gasteiger partial charge on any atom is -0.508 e. The SMILES string of the molecule is CC(C)(CCCCCCBr)c1cc(O)c(B(O)O)c(O)c1. The summed E-state index contributed by atoms with van der Waals surface area (Å²) in [6, 6.07) is 3.01. The zero-order valence-electron chi connectivity index (χ0n) is 12.6. The van der Waals surface area contributed by atoms with Crippen LogP contribution in [0.15, 0.2) is 12.1 Å². The topological polar surface area (TPSA) is 80.9 Å². The summed E-state index contributed by atoms with van der Waals surface area (Å²) in [5, 5.41) is 39.0. The van der Waals surface area contributed by atoms with Crippen LogP contribution in [-0.2, 0) is 5.41 Å². The second-order valence-corrected chi connectivity index (χ2v) is 6.83. The summed E-state index contributed by atoms with van der Waals surface area (Å²) in [5.74, 6) is -0.570. The van der Waals surface area contributed by atoms with E-state index >= 15 is 0 Å². The fraction of sp³-hybridized carbons (Fsp3) is 0.600. The van der Waals surface area contributed by atoms with E-state index < -0.39 is 7.12 Å². The Labute approximate surface area is 135 Å². The lowest BCUT2D eigenvalue weighted by Gasteiger charge is -2.26. The van der Waals surface area contributed by atoms with Gasteiger partial charge in [0.05, 0.1) is 5.46 Å². The van der Waals surface area contributed by atoms with Crippen LogP contribution in [0.2, 0.25) is 0 Å². The van der Waals surface area contributed by atoms with Crippen molar-refractivity contribution in [2.75, 3.05) is 5.33 Å². The molecule has 1 rings (SSSR count). The standard InChI is InChI=1S/C15H24BBrO4/c1-15(2,7-5-3-4-6-8-17)11-9-12(18)14(16(20)21)13(19)10-11/h9-10,18-21H,3-8H2,1-2H3. The maximum atomic E-state index is 9.86. The molecule has 0 unspecified atom stereocenters. The molecule has 0 spiro atoms. The van der Waals surface area contributed by atoms with Gasteiger partial charge in [-0.3, -0.25) is 0 Å². The van der Waals surface area contributed by atoms with Gasteiger partial charge in [-0.25, -0.2) is 0 Å². The van der Waals surface area contributed by atoms with Crippen molar-refractivity contribution in [3.63, 3.8) is 0 Å². The fourth-order valence-electron chi connectivity index (χ4n) is 2.44. The Morgan fingerprint density at radius 2 is 1.52 bits per heavy atom. The number of halogens is 1. The van der Waals surface area contributed by atoms with E-state index in [1.165, 1.54) is 25.0 Å². The molecule has 4 nitrogen and oxygen atoms in total. The van der Waals surface area contributed by atoms with Gasteiger partial charge in [0, 0.05) is 5.33 Å². The van der Waals surface area contributed by atoms with Gasteiger partial charge in [-0.05, 0) is 36.0 Å². The molecule has 0 heterocycles. The third kappa shape index (κ3) is 5.20. The maximum Gasteiger partial charge on any atom is 0.496 e.